The summed E-state index contributed by atoms with van der Waals surface area (Å²) in [5.41, 5.74) is 2.54. The molecule has 1 amide bonds. The lowest BCUT2D eigenvalue weighted by Gasteiger charge is -2.34. The van der Waals surface area contributed by atoms with Crippen molar-refractivity contribution in [2.45, 2.75) is 6.54 Å². The van der Waals surface area contributed by atoms with Gasteiger partial charge in [0.25, 0.3) is 5.91 Å². The maximum atomic E-state index is 12.9. The molecule has 0 bridgehead atoms. The van der Waals surface area contributed by atoms with E-state index in [-0.39, 0.29) is 5.91 Å². The molecule has 0 atom stereocenters. The minimum absolute atomic E-state index is 0.0438. The zero-order chi connectivity index (χ0) is 18.8. The lowest BCUT2D eigenvalue weighted by molar-refractivity contribution is 0.0622. The highest BCUT2D eigenvalue weighted by Gasteiger charge is 2.25. The number of H-pyrrole nitrogens is 1. The van der Waals surface area contributed by atoms with E-state index in [0.717, 1.165) is 36.5 Å². The van der Waals surface area contributed by atoms with E-state index >= 15 is 0 Å². The second-order valence-electron chi connectivity index (χ2n) is 6.61. The van der Waals surface area contributed by atoms with Crippen LogP contribution < -0.4 is 4.74 Å². The van der Waals surface area contributed by atoms with Gasteiger partial charge in [0.05, 0.1) is 30.3 Å². The van der Waals surface area contributed by atoms with Crippen LogP contribution in [0.5, 0.6) is 5.75 Å². The summed E-state index contributed by atoms with van der Waals surface area (Å²) in [7, 11) is 1.56. The molecule has 0 unspecified atom stereocenters. The van der Waals surface area contributed by atoms with Gasteiger partial charge in [-0.3, -0.25) is 9.69 Å². The van der Waals surface area contributed by atoms with Gasteiger partial charge < -0.3 is 14.6 Å². The fraction of sp³-hybridized carbons (Fsp3) is 0.300. The molecule has 7 heteroatoms. The SMILES string of the molecule is COc1ccc(Cl)cc1C(=O)N1CCN(Cc2nc3ccccc3[nH]2)CC1. The molecular formula is C20H21ClN4O2. The van der Waals surface area contributed by atoms with E-state index in [9.17, 15) is 4.79 Å². The summed E-state index contributed by atoms with van der Waals surface area (Å²) in [6.07, 6.45) is 0. The maximum Gasteiger partial charge on any atom is 0.257 e. The van der Waals surface area contributed by atoms with Gasteiger partial charge in [0.2, 0.25) is 0 Å². The number of carbonyl (C=O) groups excluding carboxylic acids is 1. The molecular weight excluding hydrogens is 364 g/mol. The molecule has 1 N–H and O–H groups in total. The number of aromatic amines is 1. The van der Waals surface area contributed by atoms with Gasteiger partial charge in [-0.1, -0.05) is 23.7 Å². The summed E-state index contributed by atoms with van der Waals surface area (Å²) in [4.78, 5) is 25.0. The van der Waals surface area contributed by atoms with Gasteiger partial charge in [-0.2, -0.15) is 0 Å². The Hall–Kier alpha value is -2.57. The first-order chi connectivity index (χ1) is 13.1. The summed E-state index contributed by atoms with van der Waals surface area (Å²) >= 11 is 6.06. The van der Waals surface area contributed by atoms with Gasteiger partial charge in [-0.25, -0.2) is 4.98 Å². The molecule has 0 aliphatic carbocycles. The number of ether oxygens (including phenoxy) is 1. The van der Waals surface area contributed by atoms with Crippen LogP contribution in [0.15, 0.2) is 42.5 Å². The van der Waals surface area contributed by atoms with E-state index in [1.54, 1.807) is 25.3 Å². The average Bonchev–Trinajstić information content (AvgIpc) is 3.10. The first-order valence-electron chi connectivity index (χ1n) is 8.93. The van der Waals surface area contributed by atoms with E-state index in [2.05, 4.69) is 14.9 Å². The molecule has 0 spiro atoms. The molecule has 1 aliphatic rings. The number of hydrogen-bond acceptors (Lipinski definition) is 4. The standard InChI is InChI=1S/C20H21ClN4O2/c1-27-18-7-6-14(21)12-15(18)20(26)25-10-8-24(9-11-25)13-19-22-16-4-2-3-5-17(16)23-19/h2-7,12H,8-11,13H2,1H3,(H,22,23). The topological polar surface area (TPSA) is 61.5 Å². The summed E-state index contributed by atoms with van der Waals surface area (Å²) in [5, 5.41) is 0.530. The molecule has 1 aromatic heterocycles. The van der Waals surface area contributed by atoms with E-state index < -0.39 is 0 Å². The van der Waals surface area contributed by atoms with Crippen molar-refractivity contribution in [3.63, 3.8) is 0 Å². The fourth-order valence-corrected chi connectivity index (χ4v) is 3.59. The van der Waals surface area contributed by atoms with Crippen LogP contribution >= 0.6 is 11.6 Å². The van der Waals surface area contributed by atoms with Gasteiger partial charge in [-0.15, -0.1) is 0 Å². The zero-order valence-electron chi connectivity index (χ0n) is 15.1. The van der Waals surface area contributed by atoms with Crippen molar-refractivity contribution in [1.29, 1.82) is 0 Å². The number of nitrogens with one attached hydrogen (secondary N) is 1. The predicted molar refractivity (Wildman–Crippen MR) is 105 cm³/mol. The number of rotatable bonds is 4. The Morgan fingerprint density at radius 3 is 2.70 bits per heavy atom. The molecule has 0 radical (unpaired) electrons. The van der Waals surface area contributed by atoms with Crippen LogP contribution in [-0.4, -0.2) is 59.0 Å². The summed E-state index contributed by atoms with van der Waals surface area (Å²) in [6, 6.07) is 13.1. The summed E-state index contributed by atoms with van der Waals surface area (Å²) in [5.74, 6) is 1.46. The Morgan fingerprint density at radius 2 is 1.96 bits per heavy atom. The number of imidazole rings is 1. The van der Waals surface area contributed by atoms with Crippen LogP contribution in [0.2, 0.25) is 5.02 Å². The lowest BCUT2D eigenvalue weighted by Crippen LogP contribution is -2.48. The van der Waals surface area contributed by atoms with Gasteiger partial charge in [0.1, 0.15) is 11.6 Å². The highest BCUT2D eigenvalue weighted by Crippen LogP contribution is 2.24. The van der Waals surface area contributed by atoms with Crippen LogP contribution in [0.1, 0.15) is 16.2 Å². The van der Waals surface area contributed by atoms with Crippen molar-refractivity contribution < 1.29 is 9.53 Å². The van der Waals surface area contributed by atoms with Gasteiger partial charge in [0.15, 0.2) is 0 Å². The molecule has 2 aromatic carbocycles. The summed E-state index contributed by atoms with van der Waals surface area (Å²) in [6.45, 7) is 3.66. The number of halogens is 1. The van der Waals surface area contributed by atoms with Crippen LogP contribution in [0, 0.1) is 0 Å². The maximum absolute atomic E-state index is 12.9. The Kier molecular flexibility index (Phi) is 5.01. The number of nitrogens with zero attached hydrogens (tertiary/aromatic N) is 3. The minimum Gasteiger partial charge on any atom is -0.496 e. The smallest absolute Gasteiger partial charge is 0.257 e. The molecule has 2 heterocycles. The number of para-hydroxylation sites is 2. The van der Waals surface area contributed by atoms with E-state index in [0.29, 0.717) is 29.4 Å². The lowest BCUT2D eigenvalue weighted by atomic mass is 10.1. The van der Waals surface area contributed by atoms with Crippen LogP contribution in [-0.2, 0) is 6.54 Å². The molecule has 3 aromatic rings. The van der Waals surface area contributed by atoms with Crippen molar-refractivity contribution in [2.24, 2.45) is 0 Å². The Bertz CT molecular complexity index is 931. The van der Waals surface area contributed by atoms with Crippen LogP contribution in [0.3, 0.4) is 0 Å². The van der Waals surface area contributed by atoms with Crippen molar-refractivity contribution >= 4 is 28.5 Å². The Labute approximate surface area is 162 Å². The van der Waals surface area contributed by atoms with Gasteiger partial charge >= 0.3 is 0 Å². The predicted octanol–water partition coefficient (Wildman–Crippen LogP) is 3.18. The Balaban J connectivity index is 1.40. The highest BCUT2D eigenvalue weighted by molar-refractivity contribution is 6.31. The van der Waals surface area contributed by atoms with Gasteiger partial charge in [-0.05, 0) is 30.3 Å². The minimum atomic E-state index is -0.0438. The molecule has 27 heavy (non-hydrogen) atoms. The number of hydrogen-bond donors (Lipinski definition) is 1. The normalized spacial score (nSPS) is 15.3. The largest absolute Gasteiger partial charge is 0.496 e. The van der Waals surface area contributed by atoms with Crippen LogP contribution in [0.4, 0.5) is 0 Å². The van der Waals surface area contributed by atoms with E-state index in [1.807, 2.05) is 29.2 Å². The molecule has 4 rings (SSSR count). The second kappa shape index (κ2) is 7.58. The number of fused-ring (bicyclic) bond motifs is 1. The molecule has 1 aliphatic heterocycles. The zero-order valence-corrected chi connectivity index (χ0v) is 15.9. The third-order valence-corrected chi connectivity index (χ3v) is 5.10. The van der Waals surface area contributed by atoms with Gasteiger partial charge in [0, 0.05) is 31.2 Å². The third kappa shape index (κ3) is 3.77. The van der Waals surface area contributed by atoms with Crippen molar-refractivity contribution in [3.8, 4) is 5.75 Å². The number of amides is 1. The van der Waals surface area contributed by atoms with Crippen molar-refractivity contribution in [3.05, 3.63) is 58.9 Å². The molecule has 1 fully saturated rings. The summed E-state index contributed by atoms with van der Waals surface area (Å²) < 4.78 is 5.31. The number of benzene rings is 2. The number of aromatic nitrogens is 2. The quantitative estimate of drug-likeness (QED) is 0.750. The van der Waals surface area contributed by atoms with Crippen molar-refractivity contribution in [1.82, 2.24) is 19.8 Å². The molecule has 140 valence electrons. The first-order valence-corrected chi connectivity index (χ1v) is 9.30. The average molecular weight is 385 g/mol. The first kappa shape index (κ1) is 17.8. The van der Waals surface area contributed by atoms with Crippen LogP contribution in [0.25, 0.3) is 11.0 Å². The second-order valence-corrected chi connectivity index (χ2v) is 7.05. The third-order valence-electron chi connectivity index (χ3n) is 4.86. The number of carbonyl (C=O) groups is 1. The molecule has 1 saturated heterocycles. The Morgan fingerprint density at radius 1 is 1.19 bits per heavy atom. The highest BCUT2D eigenvalue weighted by atomic mass is 35.5. The number of piperazine rings is 1. The molecule has 6 nitrogen and oxygen atoms in total. The van der Waals surface area contributed by atoms with E-state index in [1.165, 1.54) is 0 Å². The monoisotopic (exact) mass is 384 g/mol. The van der Waals surface area contributed by atoms with Crippen molar-refractivity contribution in [2.75, 3.05) is 33.3 Å². The fourth-order valence-electron chi connectivity index (χ4n) is 3.42. The number of methoxy groups -OCH3 is 1. The molecule has 0 saturated carbocycles. The van der Waals surface area contributed by atoms with E-state index in [4.69, 9.17) is 16.3 Å².